The lowest BCUT2D eigenvalue weighted by Crippen LogP contribution is -2.33. The number of carboxylic acid groups (broad SMARTS) is 1. The maximum Gasteiger partial charge on any atom is 0.416 e. The molecule has 7 heteroatoms. The first-order chi connectivity index (χ1) is 9.82. The SMILES string of the molecule is NC[C@H](c1ccc(C(F)(F)F)cc1)N1CC[C@H](C(=O)O)C1. The third kappa shape index (κ3) is 3.54. The fourth-order valence-electron chi connectivity index (χ4n) is 2.66. The summed E-state index contributed by atoms with van der Waals surface area (Å²) in [7, 11) is 0. The number of likely N-dealkylation sites (tertiary alicyclic amines) is 1. The summed E-state index contributed by atoms with van der Waals surface area (Å²) < 4.78 is 37.6. The van der Waals surface area contributed by atoms with Crippen molar-refractivity contribution in [2.75, 3.05) is 19.6 Å². The molecule has 3 N–H and O–H groups in total. The van der Waals surface area contributed by atoms with Crippen molar-refractivity contribution < 1.29 is 23.1 Å². The molecule has 1 fully saturated rings. The van der Waals surface area contributed by atoms with Crippen LogP contribution in [0, 0.1) is 5.92 Å². The molecule has 0 aliphatic carbocycles. The third-order valence-corrected chi connectivity index (χ3v) is 3.86. The Morgan fingerprint density at radius 3 is 2.43 bits per heavy atom. The minimum absolute atomic E-state index is 0.234. The molecule has 0 spiro atoms. The molecule has 21 heavy (non-hydrogen) atoms. The summed E-state index contributed by atoms with van der Waals surface area (Å²) in [4.78, 5) is 12.9. The molecule has 1 heterocycles. The lowest BCUT2D eigenvalue weighted by atomic mass is 10.0. The van der Waals surface area contributed by atoms with E-state index >= 15 is 0 Å². The largest absolute Gasteiger partial charge is 0.481 e. The standard InChI is InChI=1S/C14H17F3N2O2/c15-14(16,17)11-3-1-9(2-4-11)12(7-18)19-6-5-10(8-19)13(20)21/h1-4,10,12H,5-8,18H2,(H,20,21)/t10-,12+/m0/s1. The number of rotatable bonds is 4. The van der Waals surface area contributed by atoms with Crippen LogP contribution in [-0.4, -0.2) is 35.6 Å². The molecule has 1 saturated heterocycles. The van der Waals surface area contributed by atoms with Crippen molar-refractivity contribution in [3.05, 3.63) is 35.4 Å². The molecule has 0 saturated carbocycles. The summed E-state index contributed by atoms with van der Waals surface area (Å²) in [6.07, 6.45) is -3.83. The monoisotopic (exact) mass is 302 g/mol. The quantitative estimate of drug-likeness (QED) is 0.894. The van der Waals surface area contributed by atoms with Gasteiger partial charge in [0.1, 0.15) is 0 Å². The first-order valence-corrected chi connectivity index (χ1v) is 6.67. The van der Waals surface area contributed by atoms with Gasteiger partial charge in [-0.25, -0.2) is 0 Å². The van der Waals surface area contributed by atoms with Gasteiger partial charge in [0.2, 0.25) is 0 Å². The molecule has 116 valence electrons. The van der Waals surface area contributed by atoms with Crippen LogP contribution in [0.3, 0.4) is 0 Å². The number of nitrogens with two attached hydrogens (primary N) is 1. The second-order valence-electron chi connectivity index (χ2n) is 5.19. The smallest absolute Gasteiger partial charge is 0.416 e. The maximum absolute atomic E-state index is 12.5. The van der Waals surface area contributed by atoms with E-state index < -0.39 is 23.6 Å². The average Bonchev–Trinajstić information content (AvgIpc) is 2.89. The summed E-state index contributed by atoms with van der Waals surface area (Å²) in [5, 5.41) is 9.00. The van der Waals surface area contributed by atoms with Crippen LogP contribution in [0.15, 0.2) is 24.3 Å². The topological polar surface area (TPSA) is 66.6 Å². The second-order valence-corrected chi connectivity index (χ2v) is 5.19. The van der Waals surface area contributed by atoms with Gasteiger partial charge in [-0.1, -0.05) is 12.1 Å². The molecule has 4 nitrogen and oxygen atoms in total. The minimum atomic E-state index is -4.36. The Hall–Kier alpha value is -1.60. The van der Waals surface area contributed by atoms with Crippen LogP contribution in [0.25, 0.3) is 0 Å². The van der Waals surface area contributed by atoms with E-state index in [0.29, 0.717) is 25.1 Å². The van der Waals surface area contributed by atoms with Gasteiger partial charge in [0, 0.05) is 19.1 Å². The van der Waals surface area contributed by atoms with Gasteiger partial charge in [-0.3, -0.25) is 9.69 Å². The van der Waals surface area contributed by atoms with Crippen molar-refractivity contribution in [1.29, 1.82) is 0 Å². The van der Waals surface area contributed by atoms with Crippen molar-refractivity contribution in [3.63, 3.8) is 0 Å². The van der Waals surface area contributed by atoms with Crippen molar-refractivity contribution in [2.45, 2.75) is 18.6 Å². The molecule has 1 aromatic carbocycles. The zero-order valence-corrected chi connectivity index (χ0v) is 11.3. The highest BCUT2D eigenvalue weighted by Crippen LogP contribution is 2.32. The Balaban J connectivity index is 2.13. The molecule has 0 radical (unpaired) electrons. The molecule has 1 aliphatic heterocycles. The van der Waals surface area contributed by atoms with Crippen LogP contribution >= 0.6 is 0 Å². The van der Waals surface area contributed by atoms with E-state index in [1.165, 1.54) is 12.1 Å². The first-order valence-electron chi connectivity index (χ1n) is 6.67. The fraction of sp³-hybridized carbons (Fsp3) is 0.500. The predicted molar refractivity (Wildman–Crippen MR) is 70.6 cm³/mol. The predicted octanol–water partition coefficient (Wildman–Crippen LogP) is 2.11. The van der Waals surface area contributed by atoms with E-state index in [4.69, 9.17) is 10.8 Å². The van der Waals surface area contributed by atoms with E-state index in [1.807, 2.05) is 4.90 Å². The summed E-state index contributed by atoms with van der Waals surface area (Å²) >= 11 is 0. The highest BCUT2D eigenvalue weighted by Gasteiger charge is 2.33. The Labute approximate surface area is 120 Å². The van der Waals surface area contributed by atoms with Crippen molar-refractivity contribution in [3.8, 4) is 0 Å². The number of halogens is 3. The number of carboxylic acids is 1. The van der Waals surface area contributed by atoms with Crippen LogP contribution in [0.1, 0.15) is 23.6 Å². The van der Waals surface area contributed by atoms with Gasteiger partial charge >= 0.3 is 12.1 Å². The number of hydrogen-bond donors (Lipinski definition) is 2. The van der Waals surface area contributed by atoms with Crippen LogP contribution < -0.4 is 5.73 Å². The number of aliphatic carboxylic acids is 1. The summed E-state index contributed by atoms with van der Waals surface area (Å²) in [5.41, 5.74) is 5.69. The number of benzene rings is 1. The molecule has 1 aromatic rings. The van der Waals surface area contributed by atoms with Crippen LogP contribution in [0.2, 0.25) is 0 Å². The molecule has 0 unspecified atom stereocenters. The van der Waals surface area contributed by atoms with E-state index in [-0.39, 0.29) is 12.6 Å². The Morgan fingerprint density at radius 2 is 2.00 bits per heavy atom. The molecule has 0 amide bonds. The number of hydrogen-bond acceptors (Lipinski definition) is 3. The lowest BCUT2D eigenvalue weighted by molar-refractivity contribution is -0.141. The Kier molecular flexibility index (Phi) is 4.53. The molecule has 2 rings (SSSR count). The normalized spacial score (nSPS) is 21.4. The molecular weight excluding hydrogens is 285 g/mol. The number of nitrogens with zero attached hydrogens (tertiary/aromatic N) is 1. The van der Waals surface area contributed by atoms with Crippen molar-refractivity contribution in [2.24, 2.45) is 11.7 Å². The third-order valence-electron chi connectivity index (χ3n) is 3.86. The highest BCUT2D eigenvalue weighted by molar-refractivity contribution is 5.70. The number of alkyl halides is 3. The summed E-state index contributed by atoms with van der Waals surface area (Å²) in [6.45, 7) is 1.19. The van der Waals surface area contributed by atoms with Gasteiger partial charge in [0.25, 0.3) is 0 Å². The molecular formula is C14H17F3N2O2. The molecule has 1 aliphatic rings. The minimum Gasteiger partial charge on any atom is -0.481 e. The first kappa shape index (κ1) is 15.8. The van der Waals surface area contributed by atoms with Gasteiger partial charge in [0.15, 0.2) is 0 Å². The lowest BCUT2D eigenvalue weighted by Gasteiger charge is -2.27. The van der Waals surface area contributed by atoms with E-state index in [0.717, 1.165) is 12.1 Å². The molecule has 2 atom stereocenters. The second kappa shape index (κ2) is 6.03. The average molecular weight is 302 g/mol. The van der Waals surface area contributed by atoms with Gasteiger partial charge in [-0.15, -0.1) is 0 Å². The number of carbonyl (C=O) groups is 1. The zero-order chi connectivity index (χ0) is 15.6. The van der Waals surface area contributed by atoms with E-state index in [9.17, 15) is 18.0 Å². The van der Waals surface area contributed by atoms with Gasteiger partial charge in [-0.2, -0.15) is 13.2 Å². The van der Waals surface area contributed by atoms with Gasteiger partial charge in [-0.05, 0) is 30.7 Å². The van der Waals surface area contributed by atoms with Gasteiger partial charge < -0.3 is 10.8 Å². The summed E-state index contributed by atoms with van der Waals surface area (Å²) in [5.74, 6) is -1.28. The van der Waals surface area contributed by atoms with E-state index in [2.05, 4.69) is 0 Å². The highest BCUT2D eigenvalue weighted by atomic mass is 19.4. The van der Waals surface area contributed by atoms with Crippen LogP contribution in [0.4, 0.5) is 13.2 Å². The van der Waals surface area contributed by atoms with Crippen molar-refractivity contribution >= 4 is 5.97 Å². The summed E-state index contributed by atoms with van der Waals surface area (Å²) in [6, 6.07) is 4.63. The Bertz CT molecular complexity index is 502. The molecule has 0 bridgehead atoms. The Morgan fingerprint density at radius 1 is 1.38 bits per heavy atom. The van der Waals surface area contributed by atoms with Crippen molar-refractivity contribution in [1.82, 2.24) is 4.90 Å². The van der Waals surface area contributed by atoms with E-state index in [1.54, 1.807) is 0 Å². The van der Waals surface area contributed by atoms with Gasteiger partial charge in [0.05, 0.1) is 11.5 Å². The zero-order valence-electron chi connectivity index (χ0n) is 11.3. The van der Waals surface area contributed by atoms with Crippen LogP contribution in [0.5, 0.6) is 0 Å². The van der Waals surface area contributed by atoms with Crippen LogP contribution in [-0.2, 0) is 11.0 Å². The maximum atomic E-state index is 12.5. The molecule has 0 aromatic heterocycles. The fourth-order valence-corrected chi connectivity index (χ4v) is 2.66.